The second kappa shape index (κ2) is 17.7. The molecule has 3 rings (SSSR count). The van der Waals surface area contributed by atoms with E-state index >= 15 is 0 Å². The van der Waals surface area contributed by atoms with Crippen molar-refractivity contribution < 1.29 is 65.2 Å². The molecule has 0 aliphatic heterocycles. The summed E-state index contributed by atoms with van der Waals surface area (Å²) < 4.78 is 75.3. The van der Waals surface area contributed by atoms with Crippen LogP contribution < -0.4 is 11.5 Å². The van der Waals surface area contributed by atoms with Gasteiger partial charge in [0.25, 0.3) is 0 Å². The van der Waals surface area contributed by atoms with Gasteiger partial charge in [-0.2, -0.15) is 26.3 Å². The standard InChI is InChI=1S/C25H27N5O4.2C2HF3O2/c1-2-33-22(31)15-34-25(32)21-14-30(12-17-4-3-5-19(11-17)24(28)29)13-20(21)10-16-6-8-18(9-7-16)23(26)27;2*3-2(4,5)1(6)7/h3-9,11,13-14H,2,10,12,15H2,1H3,(H3,26,27)(H3,28,29);2*(H,6,7). The smallest absolute Gasteiger partial charge is 0.475 e. The third kappa shape index (κ3) is 14.0. The number of hydrogen-bond acceptors (Lipinski definition) is 8. The number of aromatic nitrogens is 1. The normalized spacial score (nSPS) is 10.7. The summed E-state index contributed by atoms with van der Waals surface area (Å²) in [5.74, 6) is -6.79. The van der Waals surface area contributed by atoms with Crippen LogP contribution >= 0.6 is 0 Å². The minimum Gasteiger partial charge on any atom is -0.475 e. The van der Waals surface area contributed by atoms with Gasteiger partial charge in [0.1, 0.15) is 11.7 Å². The number of nitrogens with two attached hydrogens (primary N) is 2. The number of nitrogens with one attached hydrogen (secondary N) is 2. The molecule has 0 unspecified atom stereocenters. The highest BCUT2D eigenvalue weighted by atomic mass is 19.4. The number of carbonyl (C=O) groups excluding carboxylic acids is 2. The number of amidine groups is 2. The average Bonchev–Trinajstić information content (AvgIpc) is 3.37. The molecule has 19 heteroatoms. The van der Waals surface area contributed by atoms with Gasteiger partial charge in [0, 0.05) is 30.1 Å². The Morgan fingerprint density at radius 2 is 1.31 bits per heavy atom. The SMILES string of the molecule is CCOC(=O)COC(=O)c1cn(Cc2cccc(C(=N)N)c2)cc1Cc1ccc(C(=N)N)cc1.O=C(O)C(F)(F)F.O=C(O)C(F)(F)F. The number of rotatable bonds is 10. The van der Waals surface area contributed by atoms with Crippen molar-refractivity contribution in [1.29, 1.82) is 10.8 Å². The zero-order valence-corrected chi connectivity index (χ0v) is 24.8. The van der Waals surface area contributed by atoms with E-state index in [1.165, 1.54) is 0 Å². The Morgan fingerprint density at radius 1 is 0.792 bits per heavy atom. The van der Waals surface area contributed by atoms with Crippen molar-refractivity contribution in [2.75, 3.05) is 13.2 Å². The van der Waals surface area contributed by atoms with Crippen molar-refractivity contribution in [2.24, 2.45) is 11.5 Å². The fourth-order valence-electron chi connectivity index (χ4n) is 3.45. The number of halogens is 6. The summed E-state index contributed by atoms with van der Waals surface area (Å²) >= 11 is 0. The number of esters is 2. The Balaban J connectivity index is 0.000000687. The van der Waals surface area contributed by atoms with Crippen LogP contribution in [0.3, 0.4) is 0 Å². The molecule has 3 aromatic rings. The molecule has 0 spiro atoms. The Labute approximate surface area is 267 Å². The van der Waals surface area contributed by atoms with Crippen LogP contribution in [0, 0.1) is 10.8 Å². The van der Waals surface area contributed by atoms with Gasteiger partial charge in [-0.05, 0) is 36.1 Å². The molecular formula is C29H29F6N5O8. The molecule has 0 radical (unpaired) electrons. The first-order valence-electron chi connectivity index (χ1n) is 13.1. The molecule has 0 saturated carbocycles. The monoisotopic (exact) mass is 689 g/mol. The summed E-state index contributed by atoms with van der Waals surface area (Å²) in [5, 5.41) is 29.4. The molecule has 2 aromatic carbocycles. The number of benzene rings is 2. The number of hydrogen-bond donors (Lipinski definition) is 6. The maximum Gasteiger partial charge on any atom is 0.490 e. The number of carbonyl (C=O) groups is 4. The molecule has 0 saturated heterocycles. The lowest BCUT2D eigenvalue weighted by molar-refractivity contribution is -0.193. The Kier molecular flexibility index (Phi) is 14.8. The van der Waals surface area contributed by atoms with E-state index in [9.17, 15) is 35.9 Å². The van der Waals surface area contributed by atoms with E-state index in [4.69, 9.17) is 51.6 Å². The molecule has 48 heavy (non-hydrogen) atoms. The van der Waals surface area contributed by atoms with Crippen LogP contribution in [-0.2, 0) is 36.8 Å². The van der Waals surface area contributed by atoms with E-state index in [0.29, 0.717) is 35.2 Å². The maximum absolute atomic E-state index is 12.8. The van der Waals surface area contributed by atoms with Crippen molar-refractivity contribution in [3.05, 3.63) is 94.3 Å². The van der Waals surface area contributed by atoms with Crippen LogP contribution in [0.25, 0.3) is 0 Å². The highest BCUT2D eigenvalue weighted by Gasteiger charge is 2.38. The van der Waals surface area contributed by atoms with E-state index in [2.05, 4.69) is 0 Å². The molecule has 0 atom stereocenters. The molecule has 0 amide bonds. The first-order valence-corrected chi connectivity index (χ1v) is 13.1. The average molecular weight is 690 g/mol. The van der Waals surface area contributed by atoms with E-state index in [1.54, 1.807) is 31.3 Å². The zero-order chi connectivity index (χ0) is 36.8. The molecule has 0 aliphatic carbocycles. The summed E-state index contributed by atoms with van der Waals surface area (Å²) in [4.78, 5) is 42.2. The third-order valence-electron chi connectivity index (χ3n) is 5.56. The fourth-order valence-corrected chi connectivity index (χ4v) is 3.45. The number of nitrogens with zero attached hydrogens (tertiary/aromatic N) is 1. The van der Waals surface area contributed by atoms with E-state index < -0.39 is 42.8 Å². The van der Waals surface area contributed by atoms with Crippen LogP contribution in [0.5, 0.6) is 0 Å². The number of nitrogen functional groups attached to an aromatic ring is 2. The van der Waals surface area contributed by atoms with Crippen molar-refractivity contribution in [3.8, 4) is 0 Å². The van der Waals surface area contributed by atoms with E-state index in [0.717, 1.165) is 11.1 Å². The van der Waals surface area contributed by atoms with Crippen LogP contribution in [0.2, 0.25) is 0 Å². The molecule has 13 nitrogen and oxygen atoms in total. The molecule has 8 N–H and O–H groups in total. The quantitative estimate of drug-likeness (QED) is 0.0782. The highest BCUT2D eigenvalue weighted by molar-refractivity contribution is 5.95. The van der Waals surface area contributed by atoms with Crippen molar-refractivity contribution in [1.82, 2.24) is 4.57 Å². The molecule has 1 aromatic heterocycles. The van der Waals surface area contributed by atoms with Gasteiger partial charge in [0.2, 0.25) is 0 Å². The van der Waals surface area contributed by atoms with Gasteiger partial charge in [-0.25, -0.2) is 19.2 Å². The van der Waals surface area contributed by atoms with Gasteiger partial charge < -0.3 is 35.7 Å². The Morgan fingerprint density at radius 3 is 1.77 bits per heavy atom. The van der Waals surface area contributed by atoms with Crippen LogP contribution in [-0.4, -0.2) is 75.9 Å². The second-order valence-electron chi connectivity index (χ2n) is 9.26. The van der Waals surface area contributed by atoms with Crippen LogP contribution in [0.15, 0.2) is 60.9 Å². The van der Waals surface area contributed by atoms with Crippen LogP contribution in [0.1, 0.15) is 45.1 Å². The van der Waals surface area contributed by atoms with Gasteiger partial charge in [-0.15, -0.1) is 0 Å². The summed E-state index contributed by atoms with van der Waals surface area (Å²) in [6.07, 6.45) is -6.21. The highest BCUT2D eigenvalue weighted by Crippen LogP contribution is 2.20. The first kappa shape index (κ1) is 40.1. The minimum absolute atomic E-state index is 0.0197. The lowest BCUT2D eigenvalue weighted by Crippen LogP contribution is -2.21. The number of alkyl halides is 6. The fraction of sp³-hybridized carbons (Fsp3) is 0.241. The molecule has 0 bridgehead atoms. The topological polar surface area (TPSA) is 232 Å². The predicted molar refractivity (Wildman–Crippen MR) is 156 cm³/mol. The van der Waals surface area contributed by atoms with Crippen molar-refractivity contribution >= 4 is 35.5 Å². The second-order valence-corrected chi connectivity index (χ2v) is 9.26. The third-order valence-corrected chi connectivity index (χ3v) is 5.56. The molecular weight excluding hydrogens is 660 g/mol. The van der Waals surface area contributed by atoms with Gasteiger partial charge >= 0.3 is 36.2 Å². The van der Waals surface area contributed by atoms with Crippen LogP contribution in [0.4, 0.5) is 26.3 Å². The molecule has 1 heterocycles. The van der Waals surface area contributed by atoms with E-state index in [-0.39, 0.29) is 18.3 Å². The van der Waals surface area contributed by atoms with Gasteiger partial charge in [0.05, 0.1) is 12.2 Å². The van der Waals surface area contributed by atoms with Gasteiger partial charge in [0.15, 0.2) is 6.61 Å². The number of aliphatic carboxylic acids is 2. The predicted octanol–water partition coefficient (Wildman–Crippen LogP) is 3.68. The largest absolute Gasteiger partial charge is 0.490 e. The Hall–Kier alpha value is -5.88. The van der Waals surface area contributed by atoms with E-state index in [1.807, 2.05) is 41.1 Å². The lowest BCUT2D eigenvalue weighted by atomic mass is 10.0. The maximum atomic E-state index is 12.8. The van der Waals surface area contributed by atoms with Crippen molar-refractivity contribution in [3.63, 3.8) is 0 Å². The number of carboxylic acid groups (broad SMARTS) is 2. The number of carboxylic acids is 2. The molecule has 260 valence electrons. The first-order chi connectivity index (χ1) is 22.1. The number of ether oxygens (including phenoxy) is 2. The Bertz CT molecular complexity index is 1600. The van der Waals surface area contributed by atoms with Gasteiger partial charge in [-0.3, -0.25) is 10.8 Å². The molecule has 0 fully saturated rings. The summed E-state index contributed by atoms with van der Waals surface area (Å²) in [6.45, 7) is 1.86. The van der Waals surface area contributed by atoms with Crippen molar-refractivity contribution in [2.45, 2.75) is 32.2 Å². The summed E-state index contributed by atoms with van der Waals surface area (Å²) in [6, 6.07) is 14.5. The molecule has 0 aliphatic rings. The summed E-state index contributed by atoms with van der Waals surface area (Å²) in [5.41, 5.74) is 15.2. The lowest BCUT2D eigenvalue weighted by Gasteiger charge is -2.06. The zero-order valence-electron chi connectivity index (χ0n) is 24.8. The van der Waals surface area contributed by atoms with Gasteiger partial charge in [-0.1, -0.05) is 42.5 Å². The minimum atomic E-state index is -5.08. The summed E-state index contributed by atoms with van der Waals surface area (Å²) in [7, 11) is 0.